The summed E-state index contributed by atoms with van der Waals surface area (Å²) in [4.78, 5) is 1.14. The predicted molar refractivity (Wildman–Crippen MR) is 78.4 cm³/mol. The molecule has 1 aromatic heterocycles. The summed E-state index contributed by atoms with van der Waals surface area (Å²) in [6.45, 7) is 0. The summed E-state index contributed by atoms with van der Waals surface area (Å²) >= 11 is 7.93. The van der Waals surface area contributed by atoms with Crippen LogP contribution in [0.1, 0.15) is 0 Å². The maximum Gasteiger partial charge on any atom is 0.150 e. The number of fused-ring (bicyclic) bond motifs is 1. The van der Waals surface area contributed by atoms with Crippen molar-refractivity contribution in [3.63, 3.8) is 0 Å². The summed E-state index contributed by atoms with van der Waals surface area (Å²) in [6, 6.07) is 15.8. The molecule has 0 fully saturated rings. The number of para-hydroxylation sites is 1. The maximum atomic E-state index is 6.25. The van der Waals surface area contributed by atoms with Crippen molar-refractivity contribution < 1.29 is 4.42 Å². The Morgan fingerprint density at radius 3 is 2.50 bits per heavy atom. The third kappa shape index (κ3) is 1.82. The Morgan fingerprint density at radius 2 is 1.72 bits per heavy atom. The average molecular weight is 275 g/mol. The van der Waals surface area contributed by atoms with E-state index in [0.29, 0.717) is 5.02 Å². The van der Waals surface area contributed by atoms with Gasteiger partial charge in [0, 0.05) is 10.9 Å². The number of halogens is 1. The highest BCUT2D eigenvalue weighted by Gasteiger charge is 2.16. The molecule has 0 aliphatic rings. The molecular weight excluding hydrogens is 264 g/mol. The van der Waals surface area contributed by atoms with Gasteiger partial charge in [-0.2, -0.15) is 0 Å². The number of benzene rings is 2. The summed E-state index contributed by atoms with van der Waals surface area (Å²) < 4.78 is 5.95. The summed E-state index contributed by atoms with van der Waals surface area (Å²) in [6.07, 6.45) is 2.05. The standard InChI is InChI=1S/C15H11ClOS/c1-18-15-11-7-3-5-9-13(11)17-14(15)10-6-2-4-8-12(10)16/h2-9H,1H3. The molecule has 0 amide bonds. The van der Waals surface area contributed by atoms with E-state index in [-0.39, 0.29) is 0 Å². The van der Waals surface area contributed by atoms with Crippen LogP contribution in [0, 0.1) is 0 Å². The zero-order valence-corrected chi connectivity index (χ0v) is 11.4. The molecule has 0 aliphatic carbocycles. The minimum Gasteiger partial charge on any atom is -0.455 e. The molecule has 1 heterocycles. The van der Waals surface area contributed by atoms with E-state index < -0.39 is 0 Å². The van der Waals surface area contributed by atoms with Crippen molar-refractivity contribution in [3.05, 3.63) is 53.6 Å². The number of hydrogen-bond donors (Lipinski definition) is 0. The van der Waals surface area contributed by atoms with Crippen molar-refractivity contribution in [3.8, 4) is 11.3 Å². The summed E-state index contributed by atoms with van der Waals surface area (Å²) in [5.41, 5.74) is 1.84. The topological polar surface area (TPSA) is 13.1 Å². The van der Waals surface area contributed by atoms with E-state index in [0.717, 1.165) is 27.2 Å². The lowest BCUT2D eigenvalue weighted by Crippen LogP contribution is -1.78. The number of hydrogen-bond acceptors (Lipinski definition) is 2. The van der Waals surface area contributed by atoms with E-state index in [4.69, 9.17) is 16.0 Å². The summed E-state index contributed by atoms with van der Waals surface area (Å²) in [7, 11) is 0. The van der Waals surface area contributed by atoms with Crippen LogP contribution in [0.2, 0.25) is 5.02 Å². The van der Waals surface area contributed by atoms with Crippen LogP contribution in [0.5, 0.6) is 0 Å². The quantitative estimate of drug-likeness (QED) is 0.574. The minimum atomic E-state index is 0.715. The lowest BCUT2D eigenvalue weighted by molar-refractivity contribution is 0.625. The van der Waals surface area contributed by atoms with E-state index in [1.807, 2.05) is 42.5 Å². The van der Waals surface area contributed by atoms with Crippen LogP contribution in [-0.4, -0.2) is 6.26 Å². The summed E-state index contributed by atoms with van der Waals surface area (Å²) in [5, 5.41) is 1.85. The van der Waals surface area contributed by atoms with Crippen molar-refractivity contribution >= 4 is 34.3 Å². The zero-order chi connectivity index (χ0) is 12.5. The smallest absolute Gasteiger partial charge is 0.150 e. The van der Waals surface area contributed by atoms with Crippen molar-refractivity contribution in [2.45, 2.75) is 4.90 Å². The van der Waals surface area contributed by atoms with E-state index >= 15 is 0 Å². The lowest BCUT2D eigenvalue weighted by Gasteiger charge is -2.02. The fourth-order valence-corrected chi connectivity index (χ4v) is 2.99. The molecule has 90 valence electrons. The molecule has 0 aliphatic heterocycles. The first-order valence-corrected chi connectivity index (χ1v) is 7.22. The van der Waals surface area contributed by atoms with E-state index in [1.165, 1.54) is 0 Å². The van der Waals surface area contributed by atoms with Crippen LogP contribution in [0.15, 0.2) is 57.8 Å². The third-order valence-corrected chi connectivity index (χ3v) is 4.02. The van der Waals surface area contributed by atoms with Crippen molar-refractivity contribution in [1.82, 2.24) is 0 Å². The highest BCUT2D eigenvalue weighted by Crippen LogP contribution is 2.41. The second kappa shape index (κ2) is 4.71. The molecule has 0 radical (unpaired) electrons. The lowest BCUT2D eigenvalue weighted by atomic mass is 10.1. The number of rotatable bonds is 2. The normalized spacial score (nSPS) is 11.0. The molecule has 3 heteroatoms. The predicted octanol–water partition coefficient (Wildman–Crippen LogP) is 5.48. The third-order valence-electron chi connectivity index (χ3n) is 2.87. The molecule has 3 aromatic rings. The van der Waals surface area contributed by atoms with Gasteiger partial charge >= 0.3 is 0 Å². The van der Waals surface area contributed by atoms with Gasteiger partial charge in [0.1, 0.15) is 11.3 Å². The van der Waals surface area contributed by atoms with Gasteiger partial charge < -0.3 is 4.42 Å². The molecule has 0 atom stereocenters. The fourth-order valence-electron chi connectivity index (χ4n) is 2.05. The molecule has 2 aromatic carbocycles. The van der Waals surface area contributed by atoms with Gasteiger partial charge in [-0.3, -0.25) is 0 Å². The van der Waals surface area contributed by atoms with Gasteiger partial charge in [-0.1, -0.05) is 35.9 Å². The largest absolute Gasteiger partial charge is 0.455 e. The van der Waals surface area contributed by atoms with Crippen LogP contribution in [0.25, 0.3) is 22.3 Å². The van der Waals surface area contributed by atoms with Gasteiger partial charge in [-0.15, -0.1) is 11.8 Å². The van der Waals surface area contributed by atoms with Gasteiger partial charge in [0.25, 0.3) is 0 Å². The van der Waals surface area contributed by atoms with Crippen LogP contribution in [-0.2, 0) is 0 Å². The molecule has 0 N–H and O–H groups in total. The van der Waals surface area contributed by atoms with E-state index in [2.05, 4.69) is 12.3 Å². The Bertz CT molecular complexity index is 703. The van der Waals surface area contributed by atoms with Crippen molar-refractivity contribution in [2.75, 3.05) is 6.26 Å². The number of thioether (sulfide) groups is 1. The molecule has 0 saturated carbocycles. The average Bonchev–Trinajstić information content (AvgIpc) is 2.77. The van der Waals surface area contributed by atoms with Gasteiger partial charge in [0.05, 0.1) is 9.92 Å². The Morgan fingerprint density at radius 1 is 1.00 bits per heavy atom. The van der Waals surface area contributed by atoms with Crippen molar-refractivity contribution in [1.29, 1.82) is 0 Å². The molecule has 0 spiro atoms. The highest BCUT2D eigenvalue weighted by atomic mass is 35.5. The second-order valence-electron chi connectivity index (χ2n) is 3.94. The van der Waals surface area contributed by atoms with E-state index in [9.17, 15) is 0 Å². The van der Waals surface area contributed by atoms with Crippen LogP contribution >= 0.6 is 23.4 Å². The SMILES string of the molecule is CSc1c(-c2ccccc2Cl)oc2ccccc12. The molecule has 18 heavy (non-hydrogen) atoms. The first-order valence-electron chi connectivity index (χ1n) is 5.61. The Labute approximate surface area is 115 Å². The molecule has 0 unspecified atom stereocenters. The van der Waals surface area contributed by atoms with E-state index in [1.54, 1.807) is 11.8 Å². The maximum absolute atomic E-state index is 6.25. The number of furan rings is 1. The Hall–Kier alpha value is -1.38. The Balaban J connectivity index is 2.32. The fraction of sp³-hybridized carbons (Fsp3) is 0.0667. The van der Waals surface area contributed by atoms with Gasteiger partial charge in [-0.25, -0.2) is 0 Å². The van der Waals surface area contributed by atoms with Crippen LogP contribution in [0.3, 0.4) is 0 Å². The highest BCUT2D eigenvalue weighted by molar-refractivity contribution is 7.99. The van der Waals surface area contributed by atoms with Crippen LogP contribution in [0.4, 0.5) is 0 Å². The van der Waals surface area contributed by atoms with Crippen LogP contribution < -0.4 is 0 Å². The first kappa shape index (κ1) is 11.7. The molecular formula is C15H11ClOS. The first-order chi connectivity index (χ1) is 8.81. The van der Waals surface area contributed by atoms with Gasteiger partial charge in [0.2, 0.25) is 0 Å². The second-order valence-corrected chi connectivity index (χ2v) is 5.16. The summed E-state index contributed by atoms with van der Waals surface area (Å²) in [5.74, 6) is 0.856. The monoisotopic (exact) mass is 274 g/mol. The molecule has 0 bridgehead atoms. The molecule has 0 saturated heterocycles. The van der Waals surface area contributed by atoms with Gasteiger partial charge in [-0.05, 0) is 30.5 Å². The van der Waals surface area contributed by atoms with Crippen molar-refractivity contribution in [2.24, 2.45) is 0 Å². The minimum absolute atomic E-state index is 0.715. The molecule has 3 rings (SSSR count). The zero-order valence-electron chi connectivity index (χ0n) is 9.81. The molecule has 1 nitrogen and oxygen atoms in total. The van der Waals surface area contributed by atoms with Gasteiger partial charge in [0.15, 0.2) is 0 Å². The Kier molecular flexibility index (Phi) is 3.06.